The average Bonchev–Trinajstić information content (AvgIpc) is 2.94. The van der Waals surface area contributed by atoms with Crippen molar-refractivity contribution in [3.05, 3.63) is 54.4 Å². The van der Waals surface area contributed by atoms with E-state index in [4.69, 9.17) is 28.4 Å². The molecule has 1 fully saturated rings. The summed E-state index contributed by atoms with van der Waals surface area (Å²) >= 11 is 0. The molecule has 1 aromatic heterocycles. The van der Waals surface area contributed by atoms with Crippen LogP contribution in [0.15, 0.2) is 48.8 Å². The van der Waals surface area contributed by atoms with E-state index in [1.54, 1.807) is 48.8 Å². The molecular weight excluding hydrogens is 494 g/mol. The lowest BCUT2D eigenvalue weighted by Gasteiger charge is -2.50. The fraction of sp³-hybridized carbons (Fsp3) is 0.296. The number of carbonyl (C=O) groups is 2. The van der Waals surface area contributed by atoms with Crippen molar-refractivity contribution in [2.24, 2.45) is 0 Å². The third kappa shape index (κ3) is 4.25. The molecule has 2 amide bonds. The summed E-state index contributed by atoms with van der Waals surface area (Å²) in [5, 5.41) is 2.93. The molecule has 0 bridgehead atoms. The van der Waals surface area contributed by atoms with E-state index in [2.05, 4.69) is 10.3 Å². The second-order valence-electron chi connectivity index (χ2n) is 8.25. The van der Waals surface area contributed by atoms with Gasteiger partial charge in [0.1, 0.15) is 0 Å². The van der Waals surface area contributed by atoms with Gasteiger partial charge >= 0.3 is 0 Å². The molecule has 38 heavy (non-hydrogen) atoms. The molecule has 200 valence electrons. The Bertz CT molecular complexity index is 1300. The maximum Gasteiger partial charge on any atom is 0.255 e. The van der Waals surface area contributed by atoms with Gasteiger partial charge < -0.3 is 33.7 Å². The molecule has 1 aliphatic heterocycles. The summed E-state index contributed by atoms with van der Waals surface area (Å²) in [5.41, 5.74) is -0.0362. The van der Waals surface area contributed by atoms with Crippen LogP contribution in [0.1, 0.15) is 12.0 Å². The summed E-state index contributed by atoms with van der Waals surface area (Å²) in [5.74, 6) is 1.45. The number of carbonyl (C=O) groups excluding carboxylic acids is 2. The molecule has 2 heterocycles. The Hall–Kier alpha value is -4.67. The van der Waals surface area contributed by atoms with Crippen molar-refractivity contribution in [2.45, 2.75) is 12.0 Å². The minimum atomic E-state index is -1.40. The van der Waals surface area contributed by atoms with Crippen molar-refractivity contribution >= 4 is 23.2 Å². The second kappa shape index (κ2) is 10.8. The fourth-order valence-electron chi connectivity index (χ4n) is 4.62. The van der Waals surface area contributed by atoms with E-state index in [1.807, 2.05) is 0 Å². The van der Waals surface area contributed by atoms with Crippen LogP contribution in [-0.2, 0) is 15.1 Å². The summed E-state index contributed by atoms with van der Waals surface area (Å²) in [7, 11) is 8.90. The van der Waals surface area contributed by atoms with E-state index in [-0.39, 0.29) is 12.3 Å². The Kier molecular flexibility index (Phi) is 7.47. The largest absolute Gasteiger partial charge is 0.493 e. The average molecular weight is 524 g/mol. The highest BCUT2D eigenvalue weighted by Gasteiger charge is 2.59. The zero-order chi connectivity index (χ0) is 27.4. The topological polar surface area (TPSA) is 118 Å². The van der Waals surface area contributed by atoms with Crippen LogP contribution < -0.4 is 38.6 Å². The lowest BCUT2D eigenvalue weighted by molar-refractivity contribution is -0.137. The number of nitrogens with zero attached hydrogens (tertiary/aromatic N) is 2. The predicted octanol–water partition coefficient (Wildman–Crippen LogP) is 3.40. The highest BCUT2D eigenvalue weighted by molar-refractivity contribution is 6.17. The van der Waals surface area contributed by atoms with Crippen LogP contribution in [0.25, 0.3) is 0 Å². The second-order valence-corrected chi connectivity index (χ2v) is 8.25. The van der Waals surface area contributed by atoms with Crippen molar-refractivity contribution < 1.29 is 38.0 Å². The van der Waals surface area contributed by atoms with Gasteiger partial charge in [0.25, 0.3) is 5.91 Å². The summed E-state index contributed by atoms with van der Waals surface area (Å²) in [6.45, 7) is 0. The number of benzene rings is 2. The molecule has 1 N–H and O–H groups in total. The molecule has 1 atom stereocenters. The zero-order valence-electron chi connectivity index (χ0n) is 22.0. The van der Waals surface area contributed by atoms with Gasteiger partial charge in [0.05, 0.1) is 54.8 Å². The monoisotopic (exact) mass is 523 g/mol. The van der Waals surface area contributed by atoms with Gasteiger partial charge in [-0.05, 0) is 17.7 Å². The number of anilines is 2. The molecule has 0 radical (unpaired) electrons. The SMILES string of the molecule is COc1cc(NC(=O)C2(c3ccncc3)CC(=O)N2c2cc(OC)c(OC)c(OC)c2)cc(OC)c1OC. The first-order chi connectivity index (χ1) is 18.4. The van der Waals surface area contributed by atoms with Crippen LogP contribution in [0.5, 0.6) is 34.5 Å². The van der Waals surface area contributed by atoms with Crippen LogP contribution in [0.4, 0.5) is 11.4 Å². The quantitative estimate of drug-likeness (QED) is 0.399. The highest BCUT2D eigenvalue weighted by Crippen LogP contribution is 2.50. The molecule has 1 saturated heterocycles. The number of β-lactam (4-membered cyclic amide) rings is 1. The molecule has 3 aromatic rings. The Balaban J connectivity index is 1.84. The van der Waals surface area contributed by atoms with Gasteiger partial charge in [0, 0.05) is 42.3 Å². The third-order valence-corrected chi connectivity index (χ3v) is 6.40. The number of methoxy groups -OCH3 is 6. The number of rotatable bonds is 10. The summed E-state index contributed by atoms with van der Waals surface area (Å²) in [6.07, 6.45) is 3.06. The standard InChI is InChI=1S/C27H29N3O8/c1-33-19-11-17(12-20(34-2)24(19)37-5)29-26(32)27(16-7-9-28-10-8-16)15-23(31)30(27)18-13-21(35-3)25(38-6)22(14-18)36-4/h7-14H,15H2,1-6H3,(H,29,32). The molecule has 1 unspecified atom stereocenters. The number of pyridine rings is 1. The van der Waals surface area contributed by atoms with E-state index < -0.39 is 11.4 Å². The van der Waals surface area contributed by atoms with Crippen LogP contribution in [0.2, 0.25) is 0 Å². The number of amides is 2. The third-order valence-electron chi connectivity index (χ3n) is 6.40. The number of hydrogen-bond acceptors (Lipinski definition) is 9. The zero-order valence-corrected chi connectivity index (χ0v) is 22.0. The van der Waals surface area contributed by atoms with Gasteiger partial charge in [-0.25, -0.2) is 0 Å². The number of nitrogens with one attached hydrogen (secondary N) is 1. The highest BCUT2D eigenvalue weighted by atomic mass is 16.5. The van der Waals surface area contributed by atoms with Gasteiger partial charge in [0.15, 0.2) is 28.5 Å². The van der Waals surface area contributed by atoms with E-state index in [9.17, 15) is 9.59 Å². The first-order valence-electron chi connectivity index (χ1n) is 11.5. The Labute approximate surface area is 220 Å². The van der Waals surface area contributed by atoms with Crippen molar-refractivity contribution in [1.29, 1.82) is 0 Å². The van der Waals surface area contributed by atoms with Gasteiger partial charge in [0.2, 0.25) is 17.4 Å². The van der Waals surface area contributed by atoms with E-state index >= 15 is 0 Å². The van der Waals surface area contributed by atoms with Crippen molar-refractivity contribution in [1.82, 2.24) is 4.98 Å². The van der Waals surface area contributed by atoms with Crippen LogP contribution in [-0.4, -0.2) is 59.5 Å². The van der Waals surface area contributed by atoms with Crippen molar-refractivity contribution in [2.75, 3.05) is 52.9 Å². The van der Waals surface area contributed by atoms with E-state index in [0.717, 1.165) is 0 Å². The minimum Gasteiger partial charge on any atom is -0.493 e. The lowest BCUT2D eigenvalue weighted by atomic mass is 9.76. The van der Waals surface area contributed by atoms with Gasteiger partial charge in [-0.3, -0.25) is 19.5 Å². The molecular formula is C27H29N3O8. The molecule has 0 aliphatic carbocycles. The van der Waals surface area contributed by atoms with Crippen LogP contribution in [0.3, 0.4) is 0 Å². The Morgan fingerprint density at radius 2 is 1.26 bits per heavy atom. The first-order valence-corrected chi connectivity index (χ1v) is 11.5. The maximum atomic E-state index is 14.1. The fourth-order valence-corrected chi connectivity index (χ4v) is 4.62. The normalized spacial score (nSPS) is 16.3. The van der Waals surface area contributed by atoms with Gasteiger partial charge in [-0.2, -0.15) is 0 Å². The molecule has 4 rings (SSSR count). The van der Waals surface area contributed by atoms with E-state index in [0.29, 0.717) is 51.4 Å². The lowest BCUT2D eigenvalue weighted by Crippen LogP contribution is -2.67. The number of aromatic nitrogens is 1. The van der Waals surface area contributed by atoms with Gasteiger partial charge in [-0.1, -0.05) is 0 Å². The maximum absolute atomic E-state index is 14.1. The van der Waals surface area contributed by atoms with Gasteiger partial charge in [-0.15, -0.1) is 0 Å². The van der Waals surface area contributed by atoms with Crippen molar-refractivity contribution in [3.63, 3.8) is 0 Å². The molecule has 0 spiro atoms. The molecule has 2 aromatic carbocycles. The molecule has 11 heteroatoms. The first kappa shape index (κ1) is 26.4. The number of ether oxygens (including phenoxy) is 6. The van der Waals surface area contributed by atoms with Crippen LogP contribution >= 0.6 is 0 Å². The summed E-state index contributed by atoms with van der Waals surface area (Å²) in [6, 6.07) is 9.88. The summed E-state index contributed by atoms with van der Waals surface area (Å²) < 4.78 is 32.6. The summed E-state index contributed by atoms with van der Waals surface area (Å²) in [4.78, 5) is 32.8. The molecule has 1 aliphatic rings. The smallest absolute Gasteiger partial charge is 0.255 e. The minimum absolute atomic E-state index is 0.0794. The predicted molar refractivity (Wildman–Crippen MR) is 139 cm³/mol. The van der Waals surface area contributed by atoms with E-state index in [1.165, 1.54) is 47.6 Å². The van der Waals surface area contributed by atoms with Crippen molar-refractivity contribution in [3.8, 4) is 34.5 Å². The Morgan fingerprint density at radius 3 is 1.68 bits per heavy atom. The Morgan fingerprint density at radius 1 is 0.789 bits per heavy atom. The van der Waals surface area contributed by atoms with Crippen LogP contribution in [0, 0.1) is 0 Å². The molecule has 11 nitrogen and oxygen atoms in total. The molecule has 0 saturated carbocycles. The number of hydrogen-bond donors (Lipinski definition) is 1.